The van der Waals surface area contributed by atoms with E-state index in [2.05, 4.69) is 13.8 Å². The van der Waals surface area contributed by atoms with Crippen LogP contribution in [-0.4, -0.2) is 4.89 Å². The van der Waals surface area contributed by atoms with Crippen molar-refractivity contribution in [3.63, 3.8) is 0 Å². The molecular weight excluding hydrogens is 431 g/mol. The minimum atomic E-state index is -5.24. The molecule has 0 aliphatic heterocycles. The summed E-state index contributed by atoms with van der Waals surface area (Å²) >= 11 is 0. The molecule has 0 saturated carbocycles. The molecule has 0 radical (unpaired) electrons. The first-order valence-electron chi connectivity index (χ1n) is 16.3. The normalized spacial score (nSPS) is 14.9. The molecule has 2 aromatic carbocycles. The van der Waals surface area contributed by atoms with Crippen LogP contribution in [0.1, 0.15) is 113 Å². The smallest absolute Gasteiger partial charge is 0.395 e. The van der Waals surface area contributed by atoms with Crippen molar-refractivity contribution in [3.8, 4) is 11.5 Å². The van der Waals surface area contributed by atoms with Crippen molar-refractivity contribution in [2.75, 3.05) is 0 Å². The Bertz CT molecular complexity index is 1080. The average molecular weight is 483 g/mol. The van der Waals surface area contributed by atoms with Crippen molar-refractivity contribution in [1.82, 2.24) is 0 Å². The van der Waals surface area contributed by atoms with Crippen LogP contribution >= 0.6 is 7.82 Å². The Balaban J connectivity index is 2.22. The van der Waals surface area contributed by atoms with Gasteiger partial charge in [-0.1, -0.05) is 102 Å². The zero-order chi connectivity index (χ0) is 30.7. The van der Waals surface area contributed by atoms with Crippen molar-refractivity contribution in [1.29, 1.82) is 0 Å². The number of unbranched alkanes of at least 4 members (excludes halogenated alkanes) is 10. The molecule has 0 amide bonds. The first kappa shape index (κ1) is 17.6. The quantitative estimate of drug-likeness (QED) is 0.170. The van der Waals surface area contributed by atoms with E-state index >= 15 is 0 Å². The van der Waals surface area contributed by atoms with Crippen molar-refractivity contribution >= 4 is 7.82 Å². The predicted octanol–water partition coefficient (Wildman–Crippen LogP) is 9.05. The van der Waals surface area contributed by atoms with Crippen LogP contribution in [0.4, 0.5) is 0 Å². The molecule has 2 aromatic rings. The Labute approximate surface area is 212 Å². The van der Waals surface area contributed by atoms with Gasteiger partial charge in [0.15, 0.2) is 0 Å². The standard InChI is InChI=1S/C28H43O4P/c1-3-5-7-9-11-13-15-25-17-21-27(22-18-25)31-33(29,30)32-28-23-19-26(20-24-28)16-14-12-10-8-6-4-2/h17-24H,3-16H2,1-2H3,(H,29,30)/i17D,18D,19D,20D,21D,22D,23D,24D. The second kappa shape index (κ2) is 16.0. The molecule has 2 rings (SSSR count). The van der Waals surface area contributed by atoms with Gasteiger partial charge in [0.05, 0.1) is 11.0 Å². The van der Waals surface area contributed by atoms with Crippen molar-refractivity contribution < 1.29 is 29.5 Å². The number of hydrogen-bond acceptors (Lipinski definition) is 3. The number of phosphoric ester groups is 1. The Morgan fingerprint density at radius 1 is 0.636 bits per heavy atom. The molecule has 0 atom stereocenters. The zero-order valence-corrected chi connectivity index (χ0v) is 20.9. The van der Waals surface area contributed by atoms with Gasteiger partial charge >= 0.3 is 7.82 Å². The molecule has 4 nitrogen and oxygen atoms in total. The molecule has 1 N–H and O–H groups in total. The van der Waals surface area contributed by atoms with Gasteiger partial charge in [-0.25, -0.2) is 4.57 Å². The molecule has 0 fully saturated rings. The third kappa shape index (κ3) is 12.3. The van der Waals surface area contributed by atoms with Gasteiger partial charge in [0.25, 0.3) is 0 Å². The molecule has 0 bridgehead atoms. The first-order valence-corrected chi connectivity index (χ1v) is 13.8. The maximum Gasteiger partial charge on any atom is 0.584 e. The van der Waals surface area contributed by atoms with Crippen molar-refractivity contribution in [2.45, 2.75) is 104 Å². The van der Waals surface area contributed by atoms with Gasteiger partial charge in [0.1, 0.15) is 11.5 Å². The number of benzene rings is 2. The average Bonchev–Trinajstić information content (AvgIpc) is 2.94. The number of hydrogen-bond donors (Lipinski definition) is 1. The Hall–Kier alpha value is -1.77. The number of phosphoric acid groups is 1. The predicted molar refractivity (Wildman–Crippen MR) is 138 cm³/mol. The summed E-state index contributed by atoms with van der Waals surface area (Å²) in [6, 6.07) is -4.07. The van der Waals surface area contributed by atoms with E-state index in [1.54, 1.807) is 0 Å². The lowest BCUT2D eigenvalue weighted by Gasteiger charge is -2.14. The van der Waals surface area contributed by atoms with Crippen LogP contribution in [-0.2, 0) is 17.4 Å². The van der Waals surface area contributed by atoms with E-state index in [9.17, 15) is 9.46 Å². The highest BCUT2D eigenvalue weighted by molar-refractivity contribution is 7.48. The molecule has 0 saturated heterocycles. The van der Waals surface area contributed by atoms with Gasteiger partial charge in [-0.15, -0.1) is 0 Å². The monoisotopic (exact) mass is 482 g/mol. The van der Waals surface area contributed by atoms with Crippen molar-refractivity contribution in [2.24, 2.45) is 0 Å². The van der Waals surface area contributed by atoms with E-state index in [-0.39, 0.29) is 35.3 Å². The molecule has 0 aliphatic rings. The Morgan fingerprint density at radius 3 is 1.33 bits per heavy atom. The molecule has 0 heterocycles. The lowest BCUT2D eigenvalue weighted by molar-refractivity contribution is 0.291. The van der Waals surface area contributed by atoms with Crippen LogP contribution in [0, 0.1) is 0 Å². The van der Waals surface area contributed by atoms with E-state index < -0.39 is 43.5 Å². The van der Waals surface area contributed by atoms with E-state index in [1.165, 1.54) is 0 Å². The summed E-state index contributed by atoms with van der Waals surface area (Å²) in [4.78, 5) is 10.4. The van der Waals surface area contributed by atoms with Crippen LogP contribution in [0.5, 0.6) is 11.5 Å². The van der Waals surface area contributed by atoms with Gasteiger partial charge < -0.3 is 9.05 Å². The first-order chi connectivity index (χ1) is 19.4. The van der Waals surface area contributed by atoms with Gasteiger partial charge in [-0.2, -0.15) is 0 Å². The zero-order valence-electron chi connectivity index (χ0n) is 28.0. The summed E-state index contributed by atoms with van der Waals surface area (Å²) in [5, 5.41) is 0. The fourth-order valence-electron chi connectivity index (χ4n) is 3.41. The second-order valence-electron chi connectivity index (χ2n) is 8.30. The topological polar surface area (TPSA) is 55.8 Å². The summed E-state index contributed by atoms with van der Waals surface area (Å²) in [5.41, 5.74) is 0.383. The lowest BCUT2D eigenvalue weighted by atomic mass is 10.1. The Morgan fingerprint density at radius 2 is 0.970 bits per heavy atom. The summed E-state index contributed by atoms with van der Waals surface area (Å²) < 4.78 is 89.1. The molecule has 33 heavy (non-hydrogen) atoms. The van der Waals surface area contributed by atoms with Gasteiger partial charge in [-0.3, -0.25) is 4.89 Å². The van der Waals surface area contributed by atoms with Gasteiger partial charge in [0.2, 0.25) is 0 Å². The molecule has 0 aliphatic carbocycles. The Kier molecular flexibility index (Phi) is 8.53. The third-order valence-corrected chi connectivity index (χ3v) is 6.11. The highest BCUT2D eigenvalue weighted by Gasteiger charge is 2.25. The van der Waals surface area contributed by atoms with E-state index in [1.807, 2.05) is 0 Å². The minimum Gasteiger partial charge on any atom is -0.395 e. The summed E-state index contributed by atoms with van der Waals surface area (Å²) in [6.07, 6.45) is 12.5. The lowest BCUT2D eigenvalue weighted by Crippen LogP contribution is -2.00. The maximum atomic E-state index is 12.9. The third-order valence-electron chi connectivity index (χ3n) is 5.28. The van der Waals surface area contributed by atoms with Crippen LogP contribution in [0.25, 0.3) is 0 Å². The molecule has 0 spiro atoms. The molecule has 0 unspecified atom stereocenters. The van der Waals surface area contributed by atoms with E-state index in [0.717, 1.165) is 64.2 Å². The van der Waals surface area contributed by atoms with Crippen LogP contribution in [0.15, 0.2) is 48.3 Å². The summed E-state index contributed by atoms with van der Waals surface area (Å²) in [6.45, 7) is 4.24. The van der Waals surface area contributed by atoms with Crippen LogP contribution in [0.2, 0.25) is 0 Å². The largest absolute Gasteiger partial charge is 0.584 e. The van der Waals surface area contributed by atoms with E-state index in [4.69, 9.17) is 20.0 Å². The SMILES string of the molecule is [2H]c1c([2H])c(OP(=O)(O)Oc2c([2H])c([2H])c(CCCCCCCC)c([2H])c2[2H])c([2H])c([2H])c1CCCCCCCC. The fraction of sp³-hybridized carbons (Fsp3) is 0.571. The van der Waals surface area contributed by atoms with Gasteiger partial charge in [-0.05, 0) is 61.0 Å². The molecular formula is C28H43O4P. The summed E-state index contributed by atoms with van der Waals surface area (Å²) in [5.74, 6) is -1.57. The maximum absolute atomic E-state index is 12.9. The second-order valence-corrected chi connectivity index (χ2v) is 9.60. The van der Waals surface area contributed by atoms with Crippen LogP contribution in [0.3, 0.4) is 0 Å². The summed E-state index contributed by atoms with van der Waals surface area (Å²) in [7, 11) is -5.24. The van der Waals surface area contributed by atoms with Crippen LogP contribution < -0.4 is 9.05 Å². The molecule has 184 valence electrons. The fourth-order valence-corrected chi connectivity index (χ4v) is 4.09. The highest BCUT2D eigenvalue weighted by atomic mass is 31.2. The highest BCUT2D eigenvalue weighted by Crippen LogP contribution is 2.44. The van der Waals surface area contributed by atoms with E-state index in [0.29, 0.717) is 25.7 Å². The number of rotatable bonds is 18. The molecule has 0 aromatic heterocycles. The van der Waals surface area contributed by atoms with Crippen molar-refractivity contribution in [3.05, 3.63) is 59.5 Å². The molecule has 5 heteroatoms. The van der Waals surface area contributed by atoms with Gasteiger partial charge in [0, 0.05) is 0 Å². The minimum absolute atomic E-state index is 0.192.